The molecule has 1 aliphatic heterocycles. The van der Waals surface area contributed by atoms with Crippen LogP contribution >= 0.6 is 11.8 Å². The molecule has 0 spiro atoms. The zero-order chi connectivity index (χ0) is 20.4. The van der Waals surface area contributed by atoms with E-state index in [1.807, 2.05) is 6.92 Å². The SMILES string of the molecule is CCNC(=NCCSc1ccc(F)cc1)NC1CCN(CCS(C)(=O)=O)CC1. The van der Waals surface area contributed by atoms with Crippen molar-refractivity contribution in [2.45, 2.75) is 30.7 Å². The number of likely N-dealkylation sites (tertiary alicyclic amines) is 1. The first-order valence-corrected chi connectivity index (χ1v) is 12.7. The maximum Gasteiger partial charge on any atom is 0.191 e. The van der Waals surface area contributed by atoms with Crippen LogP contribution in [-0.2, 0) is 9.84 Å². The molecule has 1 fully saturated rings. The highest BCUT2D eigenvalue weighted by Gasteiger charge is 2.20. The number of nitrogens with one attached hydrogen (secondary N) is 2. The number of sulfone groups is 1. The van der Waals surface area contributed by atoms with E-state index >= 15 is 0 Å². The molecule has 0 aromatic heterocycles. The van der Waals surface area contributed by atoms with Crippen LogP contribution in [0.5, 0.6) is 0 Å². The summed E-state index contributed by atoms with van der Waals surface area (Å²) >= 11 is 1.66. The molecular formula is C19H31FN4O2S2. The van der Waals surface area contributed by atoms with Crippen LogP contribution in [0.15, 0.2) is 34.2 Å². The zero-order valence-corrected chi connectivity index (χ0v) is 18.3. The Bertz CT molecular complexity index is 718. The number of guanidine groups is 1. The second kappa shape index (κ2) is 11.6. The summed E-state index contributed by atoms with van der Waals surface area (Å²) in [6.45, 7) is 5.91. The fourth-order valence-corrected chi connectivity index (χ4v) is 4.30. The quantitative estimate of drug-likeness (QED) is 0.270. The second-order valence-electron chi connectivity index (χ2n) is 6.95. The molecule has 1 aromatic rings. The van der Waals surface area contributed by atoms with E-state index in [1.165, 1.54) is 18.4 Å². The van der Waals surface area contributed by atoms with Gasteiger partial charge in [-0.05, 0) is 44.0 Å². The van der Waals surface area contributed by atoms with Crippen LogP contribution in [0.1, 0.15) is 19.8 Å². The van der Waals surface area contributed by atoms with E-state index in [-0.39, 0.29) is 11.6 Å². The average molecular weight is 431 g/mol. The number of thioether (sulfide) groups is 1. The highest BCUT2D eigenvalue weighted by atomic mass is 32.2. The first-order chi connectivity index (χ1) is 13.4. The van der Waals surface area contributed by atoms with Gasteiger partial charge in [0.05, 0.1) is 12.3 Å². The minimum Gasteiger partial charge on any atom is -0.357 e. The van der Waals surface area contributed by atoms with Gasteiger partial charge < -0.3 is 15.5 Å². The number of piperidine rings is 1. The third-order valence-electron chi connectivity index (χ3n) is 4.49. The molecule has 2 N–H and O–H groups in total. The van der Waals surface area contributed by atoms with Crippen LogP contribution in [-0.4, -0.2) is 75.8 Å². The Labute approximate surface area is 172 Å². The normalized spacial score (nSPS) is 16.9. The Kier molecular flexibility index (Phi) is 9.53. The summed E-state index contributed by atoms with van der Waals surface area (Å²) in [5.41, 5.74) is 0. The fourth-order valence-electron chi connectivity index (χ4n) is 2.96. The lowest BCUT2D eigenvalue weighted by molar-refractivity contribution is 0.216. The van der Waals surface area contributed by atoms with Crippen LogP contribution < -0.4 is 10.6 Å². The monoisotopic (exact) mass is 430 g/mol. The maximum atomic E-state index is 12.9. The number of rotatable bonds is 9. The van der Waals surface area contributed by atoms with E-state index in [2.05, 4.69) is 20.5 Å². The molecule has 0 bridgehead atoms. The van der Waals surface area contributed by atoms with Gasteiger partial charge in [-0.2, -0.15) is 0 Å². The van der Waals surface area contributed by atoms with Crippen molar-refractivity contribution >= 4 is 27.6 Å². The summed E-state index contributed by atoms with van der Waals surface area (Å²) in [7, 11) is -2.91. The van der Waals surface area contributed by atoms with E-state index in [9.17, 15) is 12.8 Å². The summed E-state index contributed by atoms with van der Waals surface area (Å²) in [6.07, 6.45) is 3.23. The molecule has 158 valence electrons. The average Bonchev–Trinajstić information content (AvgIpc) is 2.65. The van der Waals surface area contributed by atoms with Crippen LogP contribution in [0.4, 0.5) is 4.39 Å². The number of hydrogen-bond acceptors (Lipinski definition) is 5. The van der Waals surface area contributed by atoms with Crippen molar-refractivity contribution < 1.29 is 12.8 Å². The van der Waals surface area contributed by atoms with E-state index < -0.39 is 9.84 Å². The van der Waals surface area contributed by atoms with Crippen molar-refractivity contribution in [3.05, 3.63) is 30.1 Å². The molecule has 0 atom stereocenters. The molecule has 1 aliphatic rings. The summed E-state index contributed by atoms with van der Waals surface area (Å²) in [6, 6.07) is 6.85. The van der Waals surface area contributed by atoms with Gasteiger partial charge in [0.2, 0.25) is 0 Å². The van der Waals surface area contributed by atoms with Crippen LogP contribution in [0.2, 0.25) is 0 Å². The van der Waals surface area contributed by atoms with Gasteiger partial charge in [-0.15, -0.1) is 11.8 Å². The van der Waals surface area contributed by atoms with Gasteiger partial charge in [0.15, 0.2) is 5.96 Å². The standard InChI is InChI=1S/C19H31FN4O2S2/c1-3-21-19(22-10-14-27-18-6-4-16(20)5-7-18)23-17-8-11-24(12-9-17)13-15-28(2,25)26/h4-7,17H,3,8-15H2,1-2H3,(H2,21,22,23). The summed E-state index contributed by atoms with van der Waals surface area (Å²) in [5.74, 6) is 1.65. The van der Waals surface area contributed by atoms with E-state index in [1.54, 1.807) is 23.9 Å². The molecule has 0 aliphatic carbocycles. The molecule has 1 aromatic carbocycles. The number of benzene rings is 1. The lowest BCUT2D eigenvalue weighted by Gasteiger charge is -2.32. The predicted octanol–water partition coefficient (Wildman–Crippen LogP) is 1.98. The summed E-state index contributed by atoms with van der Waals surface area (Å²) < 4.78 is 35.5. The Morgan fingerprint density at radius 1 is 1.29 bits per heavy atom. The molecule has 6 nitrogen and oxygen atoms in total. The highest BCUT2D eigenvalue weighted by molar-refractivity contribution is 7.99. The Morgan fingerprint density at radius 3 is 2.57 bits per heavy atom. The van der Waals surface area contributed by atoms with Crippen LogP contribution in [0, 0.1) is 5.82 Å². The smallest absolute Gasteiger partial charge is 0.191 e. The summed E-state index contributed by atoms with van der Waals surface area (Å²) in [4.78, 5) is 7.88. The lowest BCUT2D eigenvalue weighted by Crippen LogP contribution is -2.49. The minimum absolute atomic E-state index is 0.219. The summed E-state index contributed by atoms with van der Waals surface area (Å²) in [5, 5.41) is 6.77. The van der Waals surface area contributed by atoms with Crippen molar-refractivity contribution in [1.29, 1.82) is 0 Å². The molecule has 0 saturated carbocycles. The Hall–Kier alpha value is -1.32. The van der Waals surface area contributed by atoms with Gasteiger partial charge in [0.25, 0.3) is 0 Å². The zero-order valence-electron chi connectivity index (χ0n) is 16.7. The minimum atomic E-state index is -2.91. The van der Waals surface area contributed by atoms with E-state index in [4.69, 9.17) is 0 Å². The fraction of sp³-hybridized carbons (Fsp3) is 0.632. The Balaban J connectivity index is 1.72. The second-order valence-corrected chi connectivity index (χ2v) is 10.4. The number of halogens is 1. The van der Waals surface area contributed by atoms with Crippen molar-refractivity contribution in [3.8, 4) is 0 Å². The first-order valence-electron chi connectivity index (χ1n) is 9.69. The predicted molar refractivity (Wildman–Crippen MR) is 115 cm³/mol. The number of aliphatic imine (C=N–C) groups is 1. The number of nitrogens with zero attached hydrogens (tertiary/aromatic N) is 2. The first kappa shape index (κ1) is 23.0. The largest absolute Gasteiger partial charge is 0.357 e. The van der Waals surface area contributed by atoms with E-state index in [0.717, 1.165) is 49.1 Å². The van der Waals surface area contributed by atoms with Gasteiger partial charge in [-0.25, -0.2) is 12.8 Å². The van der Waals surface area contributed by atoms with Crippen molar-refractivity contribution in [2.75, 3.05) is 50.5 Å². The topological polar surface area (TPSA) is 73.8 Å². The van der Waals surface area contributed by atoms with Gasteiger partial charge >= 0.3 is 0 Å². The van der Waals surface area contributed by atoms with Gasteiger partial charge in [-0.3, -0.25) is 4.99 Å². The van der Waals surface area contributed by atoms with Gasteiger partial charge in [0, 0.05) is 49.1 Å². The van der Waals surface area contributed by atoms with Crippen LogP contribution in [0.25, 0.3) is 0 Å². The van der Waals surface area contributed by atoms with Gasteiger partial charge in [-0.1, -0.05) is 0 Å². The van der Waals surface area contributed by atoms with Crippen molar-refractivity contribution in [3.63, 3.8) is 0 Å². The number of hydrogen-bond donors (Lipinski definition) is 2. The Morgan fingerprint density at radius 2 is 1.96 bits per heavy atom. The highest BCUT2D eigenvalue weighted by Crippen LogP contribution is 2.17. The molecule has 9 heteroatoms. The van der Waals surface area contributed by atoms with Crippen LogP contribution in [0.3, 0.4) is 0 Å². The molecule has 0 unspecified atom stereocenters. The molecule has 28 heavy (non-hydrogen) atoms. The molecule has 1 heterocycles. The van der Waals surface area contributed by atoms with Gasteiger partial charge in [0.1, 0.15) is 15.7 Å². The molecule has 0 amide bonds. The third kappa shape index (κ3) is 9.25. The molecule has 1 saturated heterocycles. The molecular weight excluding hydrogens is 399 g/mol. The molecule has 2 rings (SSSR count). The lowest BCUT2D eigenvalue weighted by atomic mass is 10.1. The maximum absolute atomic E-state index is 12.9. The molecule has 0 radical (unpaired) electrons. The third-order valence-corrected chi connectivity index (χ3v) is 6.41. The van der Waals surface area contributed by atoms with Crippen molar-refractivity contribution in [2.24, 2.45) is 4.99 Å². The van der Waals surface area contributed by atoms with Crippen molar-refractivity contribution in [1.82, 2.24) is 15.5 Å². The van der Waals surface area contributed by atoms with E-state index in [0.29, 0.717) is 19.1 Å².